The molecule has 2 aromatic rings. The molecule has 0 fully saturated rings. The van der Waals surface area contributed by atoms with Gasteiger partial charge in [-0.2, -0.15) is 11.8 Å². The Morgan fingerprint density at radius 3 is 2.40 bits per heavy atom. The van der Waals surface area contributed by atoms with Crippen LogP contribution in [0.3, 0.4) is 0 Å². The van der Waals surface area contributed by atoms with Crippen molar-refractivity contribution in [3.63, 3.8) is 0 Å². The second kappa shape index (κ2) is 11.0. The average Bonchev–Trinajstić information content (AvgIpc) is 2.65. The van der Waals surface area contributed by atoms with E-state index in [0.29, 0.717) is 44.4 Å². The standard InChI is InChI=1S/C20H23Cl3N2O3S2/c1-13-7-8-15(21)11-19(13)25(30(3,27)28)14(2)20(26)24-9-10-29-12-16-17(22)5-4-6-18(16)23/h4-8,11,14H,9-10,12H2,1-3H3,(H,24,26)/t14-/m1/s1. The van der Waals surface area contributed by atoms with E-state index in [1.807, 2.05) is 0 Å². The number of benzene rings is 2. The zero-order valence-electron chi connectivity index (χ0n) is 16.8. The second-order valence-electron chi connectivity index (χ2n) is 6.71. The molecule has 2 aromatic carbocycles. The molecule has 1 amide bonds. The van der Waals surface area contributed by atoms with E-state index in [1.165, 1.54) is 0 Å². The highest BCUT2D eigenvalue weighted by Gasteiger charge is 2.30. The first kappa shape index (κ1) is 25.1. The van der Waals surface area contributed by atoms with E-state index in [0.717, 1.165) is 16.1 Å². The second-order valence-corrected chi connectivity index (χ2v) is 10.9. The SMILES string of the molecule is Cc1ccc(Cl)cc1N([C@H](C)C(=O)NCCSCc1c(Cl)cccc1Cl)S(C)(=O)=O. The van der Waals surface area contributed by atoms with E-state index in [1.54, 1.807) is 62.0 Å². The number of aryl methyl sites for hydroxylation is 1. The van der Waals surface area contributed by atoms with Gasteiger partial charge in [0.05, 0.1) is 11.9 Å². The minimum atomic E-state index is -3.70. The fraction of sp³-hybridized carbons (Fsp3) is 0.350. The van der Waals surface area contributed by atoms with Gasteiger partial charge in [0.15, 0.2) is 0 Å². The molecule has 0 heterocycles. The monoisotopic (exact) mass is 508 g/mol. The Morgan fingerprint density at radius 2 is 1.80 bits per heavy atom. The fourth-order valence-electron chi connectivity index (χ4n) is 2.84. The van der Waals surface area contributed by atoms with E-state index in [9.17, 15) is 13.2 Å². The van der Waals surface area contributed by atoms with Crippen LogP contribution in [0.5, 0.6) is 0 Å². The highest BCUT2D eigenvalue weighted by atomic mass is 35.5. The molecule has 0 aliphatic rings. The van der Waals surface area contributed by atoms with Crippen molar-refractivity contribution < 1.29 is 13.2 Å². The minimum absolute atomic E-state index is 0.377. The maximum atomic E-state index is 12.6. The first-order valence-corrected chi connectivity index (χ1v) is 13.2. The van der Waals surface area contributed by atoms with Crippen LogP contribution in [-0.2, 0) is 20.6 Å². The van der Waals surface area contributed by atoms with E-state index >= 15 is 0 Å². The number of amides is 1. The van der Waals surface area contributed by atoms with Crippen LogP contribution in [0, 0.1) is 6.92 Å². The summed E-state index contributed by atoms with van der Waals surface area (Å²) in [6.07, 6.45) is 1.07. The molecule has 0 aliphatic heterocycles. The summed E-state index contributed by atoms with van der Waals surface area (Å²) in [5.41, 5.74) is 1.94. The van der Waals surface area contributed by atoms with Gasteiger partial charge in [0.1, 0.15) is 6.04 Å². The number of nitrogens with zero attached hydrogens (tertiary/aromatic N) is 1. The summed E-state index contributed by atoms with van der Waals surface area (Å²) in [5, 5.41) is 4.39. The first-order chi connectivity index (χ1) is 14.0. The smallest absolute Gasteiger partial charge is 0.243 e. The zero-order chi connectivity index (χ0) is 22.5. The lowest BCUT2D eigenvalue weighted by Crippen LogP contribution is -2.48. The number of sulfonamides is 1. The van der Waals surface area contributed by atoms with Crippen LogP contribution in [0.2, 0.25) is 15.1 Å². The predicted octanol–water partition coefficient (Wildman–Crippen LogP) is 5.16. The van der Waals surface area contributed by atoms with E-state index < -0.39 is 22.0 Å². The Balaban J connectivity index is 1.98. The van der Waals surface area contributed by atoms with Crippen LogP contribution in [-0.4, -0.2) is 38.9 Å². The number of carbonyl (C=O) groups is 1. The molecule has 0 radical (unpaired) electrons. The van der Waals surface area contributed by atoms with E-state index in [2.05, 4.69) is 5.32 Å². The molecular weight excluding hydrogens is 487 g/mol. The third-order valence-electron chi connectivity index (χ3n) is 4.35. The van der Waals surface area contributed by atoms with Gasteiger partial charge in [0.2, 0.25) is 15.9 Å². The van der Waals surface area contributed by atoms with Crippen molar-refractivity contribution in [1.29, 1.82) is 0 Å². The molecule has 0 saturated heterocycles. The van der Waals surface area contributed by atoms with Gasteiger partial charge < -0.3 is 5.32 Å². The number of nitrogens with one attached hydrogen (secondary N) is 1. The average molecular weight is 510 g/mol. The summed E-state index contributed by atoms with van der Waals surface area (Å²) in [5.74, 6) is 0.840. The largest absolute Gasteiger partial charge is 0.353 e. The summed E-state index contributed by atoms with van der Waals surface area (Å²) >= 11 is 19.9. The van der Waals surface area contributed by atoms with E-state index in [-0.39, 0.29) is 0 Å². The van der Waals surface area contributed by atoms with Gasteiger partial charge in [-0.05, 0) is 49.2 Å². The number of rotatable bonds is 9. The zero-order valence-corrected chi connectivity index (χ0v) is 20.7. The number of hydrogen-bond donors (Lipinski definition) is 1. The van der Waals surface area contributed by atoms with Gasteiger partial charge in [-0.1, -0.05) is 46.9 Å². The van der Waals surface area contributed by atoms with Crippen LogP contribution in [0.4, 0.5) is 5.69 Å². The molecule has 0 spiro atoms. The van der Waals surface area contributed by atoms with Crippen LogP contribution in [0.1, 0.15) is 18.1 Å². The summed E-state index contributed by atoms with van der Waals surface area (Å²) < 4.78 is 25.9. The Morgan fingerprint density at radius 1 is 1.17 bits per heavy atom. The molecule has 0 aromatic heterocycles. The summed E-state index contributed by atoms with van der Waals surface area (Å²) in [6, 6.07) is 9.36. The van der Waals surface area contributed by atoms with Gasteiger partial charge >= 0.3 is 0 Å². The number of carbonyl (C=O) groups excluding carboxylic acids is 1. The fourth-order valence-corrected chi connectivity index (χ4v) is 5.83. The number of thioether (sulfide) groups is 1. The van der Waals surface area contributed by atoms with Gasteiger partial charge in [-0.3, -0.25) is 9.10 Å². The molecule has 0 bridgehead atoms. The van der Waals surface area contributed by atoms with Crippen molar-refractivity contribution in [2.75, 3.05) is 22.9 Å². The maximum Gasteiger partial charge on any atom is 0.243 e. The molecule has 1 N–H and O–H groups in total. The van der Waals surface area contributed by atoms with Crippen LogP contribution < -0.4 is 9.62 Å². The topological polar surface area (TPSA) is 66.5 Å². The minimum Gasteiger partial charge on any atom is -0.353 e. The van der Waals surface area contributed by atoms with E-state index in [4.69, 9.17) is 34.8 Å². The first-order valence-electron chi connectivity index (χ1n) is 9.06. The molecule has 1 atom stereocenters. The summed E-state index contributed by atoms with van der Waals surface area (Å²) in [4.78, 5) is 12.6. The Labute approximate surface area is 197 Å². The molecule has 0 saturated carbocycles. The third-order valence-corrected chi connectivity index (χ3v) is 7.51. The molecular formula is C20H23Cl3N2O3S2. The lowest BCUT2D eigenvalue weighted by molar-refractivity contribution is -0.121. The van der Waals surface area contributed by atoms with Gasteiger partial charge in [0, 0.05) is 33.1 Å². The van der Waals surface area contributed by atoms with Crippen molar-refractivity contribution in [3.05, 3.63) is 62.6 Å². The van der Waals surface area contributed by atoms with Crippen molar-refractivity contribution in [2.45, 2.75) is 25.6 Å². The number of hydrogen-bond acceptors (Lipinski definition) is 4. The Hall–Kier alpha value is -1.12. The Bertz CT molecular complexity index is 996. The lowest BCUT2D eigenvalue weighted by atomic mass is 10.2. The molecule has 0 unspecified atom stereocenters. The van der Waals surface area contributed by atoms with Crippen LogP contribution >= 0.6 is 46.6 Å². The van der Waals surface area contributed by atoms with Gasteiger partial charge in [0.25, 0.3) is 0 Å². The predicted molar refractivity (Wildman–Crippen MR) is 129 cm³/mol. The van der Waals surface area contributed by atoms with Crippen molar-refractivity contribution in [1.82, 2.24) is 5.32 Å². The van der Waals surface area contributed by atoms with Crippen LogP contribution in [0.25, 0.3) is 0 Å². The molecule has 10 heteroatoms. The van der Waals surface area contributed by atoms with Crippen molar-refractivity contribution >= 4 is 68.2 Å². The Kier molecular flexibility index (Phi) is 9.18. The normalized spacial score (nSPS) is 12.5. The maximum absolute atomic E-state index is 12.6. The molecule has 0 aliphatic carbocycles. The summed E-state index contributed by atoms with van der Waals surface area (Å²) in [7, 11) is -3.70. The highest BCUT2D eigenvalue weighted by molar-refractivity contribution is 7.98. The van der Waals surface area contributed by atoms with Crippen molar-refractivity contribution in [2.24, 2.45) is 0 Å². The molecule has 5 nitrogen and oxygen atoms in total. The molecule has 164 valence electrons. The van der Waals surface area contributed by atoms with Crippen LogP contribution in [0.15, 0.2) is 36.4 Å². The quantitative estimate of drug-likeness (QED) is 0.474. The third kappa shape index (κ3) is 6.69. The number of halogens is 3. The summed E-state index contributed by atoms with van der Waals surface area (Å²) in [6.45, 7) is 3.69. The highest BCUT2D eigenvalue weighted by Crippen LogP contribution is 2.29. The molecule has 30 heavy (non-hydrogen) atoms. The number of anilines is 1. The van der Waals surface area contributed by atoms with Gasteiger partial charge in [-0.15, -0.1) is 0 Å². The van der Waals surface area contributed by atoms with Gasteiger partial charge in [-0.25, -0.2) is 8.42 Å². The lowest BCUT2D eigenvalue weighted by Gasteiger charge is -2.29. The molecule has 2 rings (SSSR count). The van der Waals surface area contributed by atoms with Crippen molar-refractivity contribution in [3.8, 4) is 0 Å².